The number of carbonyl (C=O) groups excluding carboxylic acids is 1. The van der Waals surface area contributed by atoms with Crippen molar-refractivity contribution in [3.8, 4) is 0 Å². The molecule has 123 valence electrons. The second kappa shape index (κ2) is 21.3. The molecule has 0 bridgehead atoms. The Morgan fingerprint density at radius 1 is 1.00 bits per heavy atom. The minimum Gasteiger partial charge on any atom is -0.462 e. The van der Waals surface area contributed by atoms with Crippen LogP contribution < -0.4 is 0 Å². The minimum atomic E-state index is -0.264. The molecule has 0 heterocycles. The van der Waals surface area contributed by atoms with Crippen molar-refractivity contribution in [2.45, 2.75) is 84.5 Å². The zero-order valence-electron chi connectivity index (χ0n) is 14.2. The Morgan fingerprint density at radius 2 is 1.48 bits per heavy atom. The van der Waals surface area contributed by atoms with Gasteiger partial charge in [-0.2, -0.15) is 0 Å². The van der Waals surface area contributed by atoms with Gasteiger partial charge in [0.05, 0.1) is 0 Å². The van der Waals surface area contributed by atoms with Gasteiger partial charge in [0.2, 0.25) is 0 Å². The maximum Gasteiger partial charge on any atom is 0.302 e. The molecule has 0 rings (SSSR count). The van der Waals surface area contributed by atoms with E-state index in [1.54, 1.807) is 6.08 Å². The molecule has 0 aromatic heterocycles. The van der Waals surface area contributed by atoms with E-state index in [0.717, 1.165) is 6.42 Å². The summed E-state index contributed by atoms with van der Waals surface area (Å²) in [5.41, 5.74) is 0. The molecule has 0 unspecified atom stereocenters. The zero-order valence-corrected chi connectivity index (χ0v) is 14.2. The first-order valence-corrected chi connectivity index (χ1v) is 8.46. The SMILES string of the molecule is C=CCOC(C)=O.[CH]=CCCCCCCCCCCCC. The van der Waals surface area contributed by atoms with Crippen LogP contribution in [0.25, 0.3) is 0 Å². The van der Waals surface area contributed by atoms with E-state index < -0.39 is 0 Å². The Bertz CT molecular complexity index is 234. The van der Waals surface area contributed by atoms with Crippen LogP contribution in [0.2, 0.25) is 0 Å². The fourth-order valence-corrected chi connectivity index (χ4v) is 1.93. The van der Waals surface area contributed by atoms with Crippen LogP contribution in [0.4, 0.5) is 0 Å². The highest BCUT2D eigenvalue weighted by Gasteiger charge is 1.91. The van der Waals surface area contributed by atoms with Crippen molar-refractivity contribution in [3.63, 3.8) is 0 Å². The molecule has 0 amide bonds. The highest BCUT2D eigenvalue weighted by Crippen LogP contribution is 2.11. The summed E-state index contributed by atoms with van der Waals surface area (Å²) in [5, 5.41) is 0. The number of carbonyl (C=O) groups is 1. The van der Waals surface area contributed by atoms with Crippen molar-refractivity contribution in [2.24, 2.45) is 0 Å². The summed E-state index contributed by atoms with van der Waals surface area (Å²) in [6.45, 7) is 12.6. The lowest BCUT2D eigenvalue weighted by atomic mass is 10.1. The van der Waals surface area contributed by atoms with Crippen molar-refractivity contribution in [3.05, 3.63) is 25.3 Å². The summed E-state index contributed by atoms with van der Waals surface area (Å²) >= 11 is 0. The first-order chi connectivity index (χ1) is 10.2. The molecule has 2 nitrogen and oxygen atoms in total. The van der Waals surface area contributed by atoms with Crippen LogP contribution in [-0.4, -0.2) is 12.6 Å². The number of ether oxygens (including phenoxy) is 1. The van der Waals surface area contributed by atoms with E-state index in [9.17, 15) is 4.79 Å². The third-order valence-corrected chi connectivity index (χ3v) is 3.13. The van der Waals surface area contributed by atoms with E-state index in [2.05, 4.69) is 18.2 Å². The lowest BCUT2D eigenvalue weighted by Gasteiger charge is -2.00. The summed E-state index contributed by atoms with van der Waals surface area (Å²) in [5.74, 6) is -0.264. The predicted octanol–water partition coefficient (Wildman–Crippen LogP) is 6.02. The number of hydrogen-bond acceptors (Lipinski definition) is 2. The predicted molar refractivity (Wildman–Crippen MR) is 92.2 cm³/mol. The van der Waals surface area contributed by atoms with E-state index in [1.807, 2.05) is 0 Å². The zero-order chi connectivity index (χ0) is 16.2. The van der Waals surface area contributed by atoms with Crippen molar-refractivity contribution in [1.82, 2.24) is 0 Å². The molecule has 0 aromatic carbocycles. The fourth-order valence-electron chi connectivity index (χ4n) is 1.93. The Balaban J connectivity index is 0. The van der Waals surface area contributed by atoms with Gasteiger partial charge in [0.25, 0.3) is 0 Å². The van der Waals surface area contributed by atoms with E-state index in [4.69, 9.17) is 6.58 Å². The Hall–Kier alpha value is -1.05. The van der Waals surface area contributed by atoms with Crippen molar-refractivity contribution in [2.75, 3.05) is 6.61 Å². The van der Waals surface area contributed by atoms with Gasteiger partial charge >= 0.3 is 5.97 Å². The van der Waals surface area contributed by atoms with Gasteiger partial charge in [0.15, 0.2) is 0 Å². The first-order valence-electron chi connectivity index (χ1n) is 8.46. The number of unbranched alkanes of at least 4 members (excludes halogenated alkanes) is 10. The number of allylic oxidation sites excluding steroid dienone is 1. The molecular weight excluding hydrogens is 260 g/mol. The van der Waals surface area contributed by atoms with Crippen molar-refractivity contribution >= 4 is 5.97 Å². The van der Waals surface area contributed by atoms with Crippen molar-refractivity contribution < 1.29 is 9.53 Å². The van der Waals surface area contributed by atoms with E-state index >= 15 is 0 Å². The number of rotatable bonds is 13. The first kappa shape index (κ1) is 22.2. The third-order valence-electron chi connectivity index (χ3n) is 3.13. The quantitative estimate of drug-likeness (QED) is 0.236. The number of esters is 1. The smallest absolute Gasteiger partial charge is 0.302 e. The van der Waals surface area contributed by atoms with Gasteiger partial charge in [0, 0.05) is 6.92 Å². The Morgan fingerprint density at radius 3 is 1.81 bits per heavy atom. The molecule has 0 N–H and O–H groups in total. The topological polar surface area (TPSA) is 26.3 Å². The monoisotopic (exact) mass is 295 g/mol. The minimum absolute atomic E-state index is 0.264. The van der Waals surface area contributed by atoms with Gasteiger partial charge in [0.1, 0.15) is 6.61 Å². The van der Waals surface area contributed by atoms with Crippen LogP contribution in [0.1, 0.15) is 84.5 Å². The van der Waals surface area contributed by atoms with Crippen molar-refractivity contribution in [1.29, 1.82) is 0 Å². The van der Waals surface area contributed by atoms with E-state index in [1.165, 1.54) is 77.2 Å². The third kappa shape index (κ3) is 28.0. The number of hydrogen-bond donors (Lipinski definition) is 0. The van der Waals surface area contributed by atoms with Gasteiger partial charge in [-0.05, 0) is 12.8 Å². The highest BCUT2D eigenvalue weighted by atomic mass is 16.5. The van der Waals surface area contributed by atoms with Crippen LogP contribution in [0.15, 0.2) is 18.7 Å². The fraction of sp³-hybridized carbons (Fsp3) is 0.737. The van der Waals surface area contributed by atoms with Gasteiger partial charge in [-0.1, -0.05) is 90.0 Å². The van der Waals surface area contributed by atoms with Gasteiger partial charge in [-0.15, -0.1) is 0 Å². The Kier molecular flexibility index (Phi) is 22.5. The lowest BCUT2D eigenvalue weighted by Crippen LogP contribution is -1.96. The summed E-state index contributed by atoms with van der Waals surface area (Å²) in [6.07, 6.45) is 18.4. The molecule has 0 atom stereocenters. The standard InChI is InChI=1S/C14H27.C5H8O2/c1-3-5-7-9-11-13-14-12-10-8-6-4-2;1-3-4-7-5(2)6/h1,3H,4-14H2,2H3;3H,1,4H2,2H3. The van der Waals surface area contributed by atoms with Crippen LogP contribution in [0.5, 0.6) is 0 Å². The Labute approximate surface area is 132 Å². The highest BCUT2D eigenvalue weighted by molar-refractivity contribution is 5.65. The summed E-state index contributed by atoms with van der Waals surface area (Å²) in [4.78, 5) is 9.93. The van der Waals surface area contributed by atoms with Crippen LogP contribution in [-0.2, 0) is 9.53 Å². The molecule has 0 aliphatic heterocycles. The van der Waals surface area contributed by atoms with Crippen LogP contribution in [0.3, 0.4) is 0 Å². The largest absolute Gasteiger partial charge is 0.462 e. The van der Waals surface area contributed by atoms with Gasteiger partial charge in [-0.3, -0.25) is 4.79 Å². The summed E-state index contributed by atoms with van der Waals surface area (Å²) in [6, 6.07) is 0. The molecular formula is C19H35O2. The molecule has 0 aliphatic rings. The molecule has 21 heavy (non-hydrogen) atoms. The summed E-state index contributed by atoms with van der Waals surface area (Å²) < 4.78 is 4.43. The average molecular weight is 295 g/mol. The van der Waals surface area contributed by atoms with Crippen LogP contribution in [0, 0.1) is 6.58 Å². The molecule has 0 saturated carbocycles. The normalized spacial score (nSPS) is 9.43. The van der Waals surface area contributed by atoms with Gasteiger partial charge in [-0.25, -0.2) is 0 Å². The molecule has 1 radical (unpaired) electrons. The maximum absolute atomic E-state index is 9.93. The second-order valence-electron chi connectivity index (χ2n) is 5.30. The average Bonchev–Trinajstić information content (AvgIpc) is 2.48. The van der Waals surface area contributed by atoms with E-state index in [0.29, 0.717) is 6.61 Å². The van der Waals surface area contributed by atoms with Gasteiger partial charge < -0.3 is 4.74 Å². The molecule has 0 saturated heterocycles. The summed E-state index contributed by atoms with van der Waals surface area (Å²) in [7, 11) is 0. The second-order valence-corrected chi connectivity index (χ2v) is 5.30. The lowest BCUT2D eigenvalue weighted by molar-refractivity contribution is -0.139. The molecule has 0 aromatic rings. The molecule has 0 fully saturated rings. The maximum atomic E-state index is 9.93. The molecule has 0 spiro atoms. The molecule has 2 heteroatoms. The van der Waals surface area contributed by atoms with E-state index in [-0.39, 0.29) is 5.97 Å². The van der Waals surface area contributed by atoms with Crippen LogP contribution >= 0.6 is 0 Å². The molecule has 0 aliphatic carbocycles.